The van der Waals surface area contributed by atoms with E-state index >= 15 is 0 Å². The number of carbonyl (C=O) groups excluding carboxylic acids is 1. The van der Waals surface area contributed by atoms with E-state index in [-0.39, 0.29) is 5.91 Å². The van der Waals surface area contributed by atoms with Gasteiger partial charge in [0.25, 0.3) is 5.91 Å². The van der Waals surface area contributed by atoms with E-state index in [1.807, 2.05) is 60.7 Å². The maximum Gasteiger partial charge on any atom is 0.271 e. The largest absolute Gasteiger partial charge is 0.489 e. The number of carbonyl (C=O) groups is 1. The van der Waals surface area contributed by atoms with Gasteiger partial charge < -0.3 is 4.74 Å². The van der Waals surface area contributed by atoms with Crippen LogP contribution in [0.25, 0.3) is 0 Å². The van der Waals surface area contributed by atoms with Crippen LogP contribution in [0.4, 0.5) is 0 Å². The molecule has 0 bridgehead atoms. The first-order valence-corrected chi connectivity index (χ1v) is 10.6. The zero-order valence-corrected chi connectivity index (χ0v) is 17.5. The Morgan fingerprint density at radius 3 is 2.16 bits per heavy atom. The molecular formula is C26H27N3O2. The standard InChI is InChI=1S/C26H27N3O2/c30-26(23-13-11-22(12-14-23)20-31-25-9-5-2-6-10-25)28-27-24-15-17-29(18-16-24)19-21-7-3-1-4-8-21/h1-14H,15-20H2,(H,28,30). The fourth-order valence-corrected chi connectivity index (χ4v) is 3.55. The Bertz CT molecular complexity index is 992. The van der Waals surface area contributed by atoms with Gasteiger partial charge in [0.05, 0.1) is 0 Å². The van der Waals surface area contributed by atoms with Crippen molar-refractivity contribution >= 4 is 11.6 Å². The summed E-state index contributed by atoms with van der Waals surface area (Å²) in [7, 11) is 0. The average Bonchev–Trinajstić information content (AvgIpc) is 2.84. The highest BCUT2D eigenvalue weighted by Crippen LogP contribution is 2.13. The van der Waals surface area contributed by atoms with E-state index < -0.39 is 0 Å². The Labute approximate surface area is 183 Å². The van der Waals surface area contributed by atoms with Crippen LogP contribution in [-0.2, 0) is 13.2 Å². The molecule has 0 aliphatic carbocycles. The zero-order valence-electron chi connectivity index (χ0n) is 17.5. The predicted molar refractivity (Wildman–Crippen MR) is 123 cm³/mol. The Kier molecular flexibility index (Phi) is 7.08. The van der Waals surface area contributed by atoms with Crippen LogP contribution in [0.5, 0.6) is 5.75 Å². The van der Waals surface area contributed by atoms with Crippen molar-refractivity contribution in [3.8, 4) is 5.75 Å². The predicted octanol–water partition coefficient (Wildman–Crippen LogP) is 4.65. The number of hydrogen-bond donors (Lipinski definition) is 1. The Morgan fingerprint density at radius 1 is 0.839 bits per heavy atom. The molecular weight excluding hydrogens is 386 g/mol. The third-order valence-electron chi connectivity index (χ3n) is 5.36. The maximum absolute atomic E-state index is 12.4. The number of benzene rings is 3. The second kappa shape index (κ2) is 10.5. The highest BCUT2D eigenvalue weighted by atomic mass is 16.5. The molecule has 0 spiro atoms. The van der Waals surface area contributed by atoms with E-state index in [1.165, 1.54) is 5.56 Å². The Balaban J connectivity index is 1.22. The number of nitrogens with one attached hydrogen (secondary N) is 1. The number of piperidine rings is 1. The van der Waals surface area contributed by atoms with E-state index in [9.17, 15) is 4.79 Å². The molecule has 0 unspecified atom stereocenters. The highest BCUT2D eigenvalue weighted by Gasteiger charge is 2.15. The normalized spacial score (nSPS) is 14.1. The molecule has 0 aromatic heterocycles. The molecule has 31 heavy (non-hydrogen) atoms. The molecule has 1 N–H and O–H groups in total. The molecule has 1 fully saturated rings. The minimum atomic E-state index is -0.185. The molecule has 4 rings (SSSR count). The van der Waals surface area contributed by atoms with Gasteiger partial charge in [-0.1, -0.05) is 60.7 Å². The van der Waals surface area contributed by atoms with Crippen LogP contribution in [0, 0.1) is 0 Å². The van der Waals surface area contributed by atoms with Gasteiger partial charge in [-0.2, -0.15) is 5.10 Å². The fourth-order valence-electron chi connectivity index (χ4n) is 3.55. The summed E-state index contributed by atoms with van der Waals surface area (Å²) < 4.78 is 5.74. The molecule has 3 aromatic carbocycles. The van der Waals surface area contributed by atoms with Crippen molar-refractivity contribution in [2.24, 2.45) is 5.10 Å². The van der Waals surface area contributed by atoms with E-state index in [1.54, 1.807) is 0 Å². The molecule has 0 saturated carbocycles. The van der Waals surface area contributed by atoms with Crippen LogP contribution in [0.1, 0.15) is 34.3 Å². The summed E-state index contributed by atoms with van der Waals surface area (Å²) in [5.74, 6) is 0.643. The van der Waals surface area contributed by atoms with Gasteiger partial charge in [-0.3, -0.25) is 9.69 Å². The summed E-state index contributed by atoms with van der Waals surface area (Å²) in [6, 6.07) is 27.6. The van der Waals surface area contributed by atoms with E-state index in [0.29, 0.717) is 12.2 Å². The van der Waals surface area contributed by atoms with Crippen molar-refractivity contribution in [3.05, 3.63) is 102 Å². The molecule has 1 aliphatic heterocycles. The molecule has 5 heteroatoms. The smallest absolute Gasteiger partial charge is 0.271 e. The third kappa shape index (κ3) is 6.27. The number of rotatable bonds is 7. The lowest BCUT2D eigenvalue weighted by atomic mass is 10.1. The summed E-state index contributed by atoms with van der Waals surface area (Å²) >= 11 is 0. The van der Waals surface area contributed by atoms with Gasteiger partial charge in [0.2, 0.25) is 0 Å². The van der Waals surface area contributed by atoms with Crippen molar-refractivity contribution in [2.45, 2.75) is 26.0 Å². The summed E-state index contributed by atoms with van der Waals surface area (Å²) in [4.78, 5) is 14.8. The van der Waals surface area contributed by atoms with Gasteiger partial charge >= 0.3 is 0 Å². The van der Waals surface area contributed by atoms with Crippen LogP contribution in [0.3, 0.4) is 0 Å². The van der Waals surface area contributed by atoms with Gasteiger partial charge in [-0.05, 0) is 35.4 Å². The lowest BCUT2D eigenvalue weighted by Gasteiger charge is -2.27. The van der Waals surface area contributed by atoms with Crippen LogP contribution in [0.15, 0.2) is 90.0 Å². The number of hydrazone groups is 1. The zero-order chi connectivity index (χ0) is 21.3. The summed E-state index contributed by atoms with van der Waals surface area (Å²) in [5, 5.41) is 4.37. The summed E-state index contributed by atoms with van der Waals surface area (Å²) in [6.07, 6.45) is 1.76. The second-order valence-corrected chi connectivity index (χ2v) is 7.68. The topological polar surface area (TPSA) is 53.9 Å². The quantitative estimate of drug-likeness (QED) is 0.574. The van der Waals surface area contributed by atoms with Crippen LogP contribution >= 0.6 is 0 Å². The van der Waals surface area contributed by atoms with Crippen molar-refractivity contribution < 1.29 is 9.53 Å². The van der Waals surface area contributed by atoms with E-state index in [4.69, 9.17) is 4.74 Å². The van der Waals surface area contributed by atoms with Crippen LogP contribution < -0.4 is 10.2 Å². The third-order valence-corrected chi connectivity index (χ3v) is 5.36. The van der Waals surface area contributed by atoms with Gasteiger partial charge in [0, 0.05) is 43.8 Å². The lowest BCUT2D eigenvalue weighted by Crippen LogP contribution is -2.34. The van der Waals surface area contributed by atoms with Crippen molar-refractivity contribution in [1.29, 1.82) is 0 Å². The lowest BCUT2D eigenvalue weighted by molar-refractivity contribution is 0.0954. The first kappa shape index (κ1) is 20.8. The Hall–Kier alpha value is -3.44. The van der Waals surface area contributed by atoms with Gasteiger partial charge in [-0.25, -0.2) is 5.43 Å². The molecule has 1 amide bonds. The summed E-state index contributed by atoms with van der Waals surface area (Å²) in [6.45, 7) is 3.34. The molecule has 1 heterocycles. The molecule has 0 radical (unpaired) electrons. The number of ether oxygens (including phenoxy) is 1. The van der Waals surface area contributed by atoms with E-state index in [0.717, 1.165) is 49.5 Å². The number of likely N-dealkylation sites (tertiary alicyclic amines) is 1. The molecule has 3 aromatic rings. The average molecular weight is 414 g/mol. The van der Waals surface area contributed by atoms with Crippen LogP contribution in [-0.4, -0.2) is 29.6 Å². The van der Waals surface area contributed by atoms with Gasteiger partial charge in [0.1, 0.15) is 12.4 Å². The van der Waals surface area contributed by atoms with Gasteiger partial charge in [0.15, 0.2) is 0 Å². The van der Waals surface area contributed by atoms with Crippen molar-refractivity contribution in [2.75, 3.05) is 13.1 Å². The van der Waals surface area contributed by atoms with Gasteiger partial charge in [-0.15, -0.1) is 0 Å². The molecule has 0 atom stereocenters. The number of para-hydroxylation sites is 1. The monoisotopic (exact) mass is 413 g/mol. The number of nitrogens with zero attached hydrogens (tertiary/aromatic N) is 2. The molecule has 5 nitrogen and oxygen atoms in total. The molecule has 1 saturated heterocycles. The fraction of sp³-hybridized carbons (Fsp3) is 0.231. The first-order valence-electron chi connectivity index (χ1n) is 10.6. The minimum Gasteiger partial charge on any atom is -0.489 e. The van der Waals surface area contributed by atoms with Crippen molar-refractivity contribution in [3.63, 3.8) is 0 Å². The first-order chi connectivity index (χ1) is 15.3. The summed E-state index contributed by atoms with van der Waals surface area (Å²) in [5.41, 5.74) is 6.69. The number of hydrogen-bond acceptors (Lipinski definition) is 4. The SMILES string of the molecule is O=C(NN=C1CCN(Cc2ccccc2)CC1)c1ccc(COc2ccccc2)cc1. The molecule has 158 valence electrons. The van der Waals surface area contributed by atoms with Crippen LogP contribution in [0.2, 0.25) is 0 Å². The van der Waals surface area contributed by atoms with E-state index in [2.05, 4.69) is 39.7 Å². The number of amides is 1. The molecule has 1 aliphatic rings. The highest BCUT2D eigenvalue weighted by molar-refractivity contribution is 5.95. The minimum absolute atomic E-state index is 0.185. The second-order valence-electron chi connectivity index (χ2n) is 7.68. The van der Waals surface area contributed by atoms with Crippen molar-refractivity contribution in [1.82, 2.24) is 10.3 Å². The Morgan fingerprint density at radius 2 is 1.48 bits per heavy atom. The maximum atomic E-state index is 12.4.